The van der Waals surface area contributed by atoms with Crippen LogP contribution in [0.2, 0.25) is 0 Å². The highest BCUT2D eigenvalue weighted by molar-refractivity contribution is 5.79. The van der Waals surface area contributed by atoms with Gasteiger partial charge < -0.3 is 24.6 Å². The summed E-state index contributed by atoms with van der Waals surface area (Å²) in [4.78, 5) is 13.3. The van der Waals surface area contributed by atoms with Gasteiger partial charge in [0.05, 0.1) is 12.7 Å². The van der Waals surface area contributed by atoms with Crippen LogP contribution in [0.25, 0.3) is 0 Å². The van der Waals surface area contributed by atoms with E-state index in [1.165, 1.54) is 4.90 Å². The molecule has 2 amide bonds. The first-order chi connectivity index (χ1) is 9.65. The first-order valence-corrected chi connectivity index (χ1v) is 6.24. The molecule has 1 saturated heterocycles. The van der Waals surface area contributed by atoms with Crippen LogP contribution in [0.4, 0.5) is 4.79 Å². The first-order valence-electron chi connectivity index (χ1n) is 6.24. The second-order valence-electron chi connectivity index (χ2n) is 4.27. The van der Waals surface area contributed by atoms with Gasteiger partial charge in [-0.1, -0.05) is 6.58 Å². The molecule has 0 aromatic heterocycles. The van der Waals surface area contributed by atoms with Crippen LogP contribution in [-0.2, 0) is 14.2 Å². The Morgan fingerprint density at radius 2 is 2.25 bits per heavy atom. The molecule has 0 aliphatic carbocycles. The number of aliphatic hydroxyl groups is 1. The highest BCUT2D eigenvalue weighted by Crippen LogP contribution is 2.27. The molecular formula is C13H22N2O5. The summed E-state index contributed by atoms with van der Waals surface area (Å²) >= 11 is 0. The maximum atomic E-state index is 11.8. The Morgan fingerprint density at radius 1 is 1.55 bits per heavy atom. The van der Waals surface area contributed by atoms with Crippen molar-refractivity contribution in [3.05, 3.63) is 24.6 Å². The molecule has 0 aromatic carbocycles. The van der Waals surface area contributed by atoms with Crippen molar-refractivity contribution in [2.24, 2.45) is 0 Å². The summed E-state index contributed by atoms with van der Waals surface area (Å²) in [5.41, 5.74) is 0.575. The molecule has 7 nitrogen and oxygen atoms in total. The number of carbonyl (C=O) groups excluding carboxylic acids is 1. The van der Waals surface area contributed by atoms with E-state index in [1.807, 2.05) is 0 Å². The predicted octanol–water partition coefficient (Wildman–Crippen LogP) is 0.424. The van der Waals surface area contributed by atoms with Crippen LogP contribution in [0.5, 0.6) is 0 Å². The number of carbonyl (C=O) groups is 1. The van der Waals surface area contributed by atoms with Crippen molar-refractivity contribution in [2.75, 3.05) is 27.9 Å². The number of amides is 2. The van der Waals surface area contributed by atoms with Crippen LogP contribution < -0.4 is 5.32 Å². The van der Waals surface area contributed by atoms with Gasteiger partial charge in [0.25, 0.3) is 0 Å². The van der Waals surface area contributed by atoms with E-state index in [4.69, 9.17) is 19.3 Å². The number of allylic oxidation sites excluding steroid dienone is 1. The van der Waals surface area contributed by atoms with E-state index in [0.29, 0.717) is 18.7 Å². The third-order valence-corrected chi connectivity index (χ3v) is 3.06. The minimum atomic E-state index is -0.334. The van der Waals surface area contributed by atoms with E-state index in [9.17, 15) is 4.79 Å². The van der Waals surface area contributed by atoms with E-state index in [0.717, 1.165) is 7.11 Å². The number of hydrogen-bond donors (Lipinski definition) is 2. The number of hydrogen-bond acceptors (Lipinski definition) is 5. The van der Waals surface area contributed by atoms with Crippen LogP contribution in [0.15, 0.2) is 24.6 Å². The monoisotopic (exact) mass is 286 g/mol. The number of methoxy groups -OCH3 is 2. The molecule has 0 saturated carbocycles. The Kier molecular flexibility index (Phi) is 6.66. The van der Waals surface area contributed by atoms with Gasteiger partial charge in [-0.25, -0.2) is 4.79 Å². The summed E-state index contributed by atoms with van der Waals surface area (Å²) in [6.45, 7) is 4.12. The lowest BCUT2D eigenvalue weighted by Gasteiger charge is -2.28. The lowest BCUT2D eigenvalue weighted by atomic mass is 10.2. The van der Waals surface area contributed by atoms with E-state index in [2.05, 4.69) is 11.9 Å². The Labute approximate surface area is 118 Å². The third-order valence-electron chi connectivity index (χ3n) is 3.06. The zero-order valence-electron chi connectivity index (χ0n) is 12.0. The molecule has 1 fully saturated rings. The number of rotatable bonds is 4. The average molecular weight is 286 g/mol. The third kappa shape index (κ3) is 3.80. The van der Waals surface area contributed by atoms with Gasteiger partial charge >= 0.3 is 6.03 Å². The van der Waals surface area contributed by atoms with E-state index in [-0.39, 0.29) is 24.5 Å². The van der Waals surface area contributed by atoms with Crippen molar-refractivity contribution >= 4 is 6.03 Å². The Morgan fingerprint density at radius 3 is 2.80 bits per heavy atom. The van der Waals surface area contributed by atoms with Crippen LogP contribution in [0.1, 0.15) is 6.42 Å². The molecule has 20 heavy (non-hydrogen) atoms. The number of nitrogens with one attached hydrogen (secondary N) is 1. The molecule has 3 atom stereocenters. The summed E-state index contributed by atoms with van der Waals surface area (Å²) < 4.78 is 16.2. The minimum absolute atomic E-state index is 0.0683. The fraction of sp³-hybridized carbons (Fsp3) is 0.615. The molecule has 0 aromatic rings. The van der Waals surface area contributed by atoms with Crippen LogP contribution in [-0.4, -0.2) is 62.4 Å². The highest BCUT2D eigenvalue weighted by Gasteiger charge is 2.40. The molecule has 2 rings (SSSR count). The Bertz CT molecular complexity index is 372. The van der Waals surface area contributed by atoms with Gasteiger partial charge in [0.15, 0.2) is 0 Å². The maximum Gasteiger partial charge on any atom is 0.327 e. The normalized spacial score (nSPS) is 29.0. The zero-order chi connectivity index (χ0) is 15.1. The topological polar surface area (TPSA) is 80.3 Å². The maximum absolute atomic E-state index is 11.8. The molecule has 7 heteroatoms. The molecule has 2 aliphatic heterocycles. The Hall–Kier alpha value is -1.41. The van der Waals surface area contributed by atoms with Gasteiger partial charge in [-0.3, -0.25) is 4.90 Å². The van der Waals surface area contributed by atoms with Crippen LogP contribution in [0.3, 0.4) is 0 Å². The van der Waals surface area contributed by atoms with Crippen LogP contribution >= 0.6 is 0 Å². The smallest absolute Gasteiger partial charge is 0.327 e. The first kappa shape index (κ1) is 16.6. The number of ether oxygens (including phenoxy) is 3. The molecule has 2 heterocycles. The van der Waals surface area contributed by atoms with Crippen LogP contribution in [0, 0.1) is 0 Å². The second kappa shape index (κ2) is 8.01. The van der Waals surface area contributed by atoms with Crippen molar-refractivity contribution in [2.45, 2.75) is 24.9 Å². The molecule has 0 bridgehead atoms. The zero-order valence-corrected chi connectivity index (χ0v) is 12.0. The second-order valence-corrected chi connectivity index (χ2v) is 4.27. The van der Waals surface area contributed by atoms with E-state index in [1.54, 1.807) is 26.5 Å². The molecule has 2 aliphatic rings. The van der Waals surface area contributed by atoms with Crippen molar-refractivity contribution in [1.29, 1.82) is 0 Å². The van der Waals surface area contributed by atoms with Crippen molar-refractivity contribution in [3.8, 4) is 0 Å². The van der Waals surface area contributed by atoms with E-state index >= 15 is 0 Å². The SMILES string of the molecule is C=C1C=CN(C2CC(OC)C(COC)O2)C(=O)N1.CO. The summed E-state index contributed by atoms with van der Waals surface area (Å²) in [6, 6.07) is -0.236. The largest absolute Gasteiger partial charge is 0.400 e. The lowest BCUT2D eigenvalue weighted by molar-refractivity contribution is -0.0672. The summed E-state index contributed by atoms with van der Waals surface area (Å²) in [5.74, 6) is 0. The van der Waals surface area contributed by atoms with Gasteiger partial charge in [0.2, 0.25) is 0 Å². The fourth-order valence-corrected chi connectivity index (χ4v) is 2.14. The molecule has 0 radical (unpaired) electrons. The molecule has 0 spiro atoms. The molecule has 3 unspecified atom stereocenters. The lowest BCUT2D eigenvalue weighted by Crippen LogP contribution is -2.44. The number of nitrogens with zero attached hydrogens (tertiary/aromatic N) is 1. The molecule has 2 N–H and O–H groups in total. The predicted molar refractivity (Wildman–Crippen MR) is 72.7 cm³/mol. The fourth-order valence-electron chi connectivity index (χ4n) is 2.14. The van der Waals surface area contributed by atoms with Gasteiger partial charge in [0, 0.05) is 39.6 Å². The highest BCUT2D eigenvalue weighted by atomic mass is 16.6. The molecule has 114 valence electrons. The number of aliphatic hydroxyl groups excluding tert-OH is 1. The summed E-state index contributed by atoms with van der Waals surface area (Å²) in [6.07, 6.45) is 3.47. The van der Waals surface area contributed by atoms with Crippen molar-refractivity contribution < 1.29 is 24.1 Å². The summed E-state index contributed by atoms with van der Waals surface area (Å²) in [5, 5.41) is 9.64. The van der Waals surface area contributed by atoms with Gasteiger partial charge in [-0.2, -0.15) is 0 Å². The van der Waals surface area contributed by atoms with Gasteiger partial charge in [-0.15, -0.1) is 0 Å². The van der Waals surface area contributed by atoms with Gasteiger partial charge in [0.1, 0.15) is 12.3 Å². The number of urea groups is 1. The standard InChI is InChI=1S/C12H18N2O4.CH4O/c1-8-4-5-14(12(15)13-8)11-6-9(17-3)10(18-11)7-16-2;1-2/h4-5,9-11H,1,6-7H2,2-3H3,(H,13,15);2H,1H3. The average Bonchev–Trinajstić information content (AvgIpc) is 2.84. The summed E-state index contributed by atoms with van der Waals surface area (Å²) in [7, 11) is 4.24. The van der Waals surface area contributed by atoms with Gasteiger partial charge in [-0.05, 0) is 6.08 Å². The van der Waals surface area contributed by atoms with E-state index < -0.39 is 0 Å². The van der Waals surface area contributed by atoms with Crippen molar-refractivity contribution in [3.63, 3.8) is 0 Å². The minimum Gasteiger partial charge on any atom is -0.400 e. The van der Waals surface area contributed by atoms with Crippen molar-refractivity contribution in [1.82, 2.24) is 10.2 Å². The quantitative estimate of drug-likeness (QED) is 0.783. The Balaban J connectivity index is 0.000000956. The molecular weight excluding hydrogens is 264 g/mol.